The van der Waals surface area contributed by atoms with Crippen molar-refractivity contribution in [3.8, 4) is 5.75 Å². The molecule has 1 aromatic heterocycles. The van der Waals surface area contributed by atoms with Gasteiger partial charge in [-0.25, -0.2) is 4.79 Å². The summed E-state index contributed by atoms with van der Waals surface area (Å²) in [6.45, 7) is 4.75. The van der Waals surface area contributed by atoms with Crippen LogP contribution in [0.25, 0.3) is 11.0 Å². The van der Waals surface area contributed by atoms with Crippen molar-refractivity contribution in [2.75, 3.05) is 13.2 Å². The van der Waals surface area contributed by atoms with E-state index in [-0.39, 0.29) is 12.2 Å². The smallest absolute Gasteiger partial charge is 0.339 e. The number of fused-ring (bicyclic) bond motifs is 3. The van der Waals surface area contributed by atoms with E-state index in [0.717, 1.165) is 42.2 Å². The Bertz CT molecular complexity index is 766. The van der Waals surface area contributed by atoms with Gasteiger partial charge in [0.15, 0.2) is 0 Å². The molecule has 24 heavy (non-hydrogen) atoms. The summed E-state index contributed by atoms with van der Waals surface area (Å²) in [6.07, 6.45) is 3.14. The summed E-state index contributed by atoms with van der Waals surface area (Å²) in [5.74, 6) is 0.679. The molecule has 5 nitrogen and oxygen atoms in total. The molecule has 1 unspecified atom stereocenters. The SMILES string of the molecule is CC(C)NCC(O)COc1cccc2oc(=O)c3c(c12)CCCC3. The molecule has 1 aliphatic carbocycles. The number of hydrogen-bond donors (Lipinski definition) is 2. The van der Waals surface area contributed by atoms with Gasteiger partial charge in [0.05, 0.1) is 5.39 Å². The van der Waals surface area contributed by atoms with Crippen LogP contribution in [0.4, 0.5) is 0 Å². The Kier molecular flexibility index (Phi) is 5.21. The molecule has 3 rings (SSSR count). The van der Waals surface area contributed by atoms with Crippen LogP contribution in [0.1, 0.15) is 37.8 Å². The van der Waals surface area contributed by atoms with Crippen molar-refractivity contribution in [2.45, 2.75) is 51.7 Å². The minimum atomic E-state index is -0.589. The van der Waals surface area contributed by atoms with Crippen LogP contribution in [0, 0.1) is 0 Å². The van der Waals surface area contributed by atoms with E-state index < -0.39 is 6.10 Å². The van der Waals surface area contributed by atoms with E-state index in [1.165, 1.54) is 0 Å². The van der Waals surface area contributed by atoms with Gasteiger partial charge in [-0.3, -0.25) is 0 Å². The van der Waals surface area contributed by atoms with Gasteiger partial charge in [0.2, 0.25) is 0 Å². The Balaban J connectivity index is 1.87. The number of hydrogen-bond acceptors (Lipinski definition) is 5. The van der Waals surface area contributed by atoms with Crippen LogP contribution in [0.5, 0.6) is 5.75 Å². The standard InChI is InChI=1S/C19H25NO4/c1-12(2)20-10-13(21)11-23-16-8-5-9-17-18(16)14-6-3-4-7-15(14)19(22)24-17/h5,8-9,12-13,20-21H,3-4,6-7,10-11H2,1-2H3. The summed E-state index contributed by atoms with van der Waals surface area (Å²) >= 11 is 0. The molecular weight excluding hydrogens is 306 g/mol. The molecule has 0 saturated heterocycles. The number of aliphatic hydroxyl groups excluding tert-OH is 1. The number of ether oxygens (including phenoxy) is 1. The van der Waals surface area contributed by atoms with Gasteiger partial charge < -0.3 is 19.6 Å². The van der Waals surface area contributed by atoms with E-state index in [1.54, 1.807) is 6.07 Å². The highest BCUT2D eigenvalue weighted by molar-refractivity contribution is 5.87. The van der Waals surface area contributed by atoms with Crippen molar-refractivity contribution in [2.24, 2.45) is 0 Å². The lowest BCUT2D eigenvalue weighted by atomic mass is 9.90. The molecule has 2 N–H and O–H groups in total. The second-order valence-electron chi connectivity index (χ2n) is 6.71. The first-order valence-electron chi connectivity index (χ1n) is 8.68. The van der Waals surface area contributed by atoms with Crippen molar-refractivity contribution >= 4 is 11.0 Å². The molecule has 1 atom stereocenters. The van der Waals surface area contributed by atoms with Crippen molar-refractivity contribution in [3.05, 3.63) is 39.7 Å². The molecule has 0 bridgehead atoms. The topological polar surface area (TPSA) is 71.7 Å². The predicted octanol–water partition coefficient (Wildman–Crippen LogP) is 2.41. The maximum atomic E-state index is 12.1. The van der Waals surface area contributed by atoms with Gasteiger partial charge in [0.1, 0.15) is 24.0 Å². The molecule has 0 fully saturated rings. The number of aliphatic hydroxyl groups is 1. The lowest BCUT2D eigenvalue weighted by molar-refractivity contribution is 0.105. The largest absolute Gasteiger partial charge is 0.490 e. The van der Waals surface area contributed by atoms with Gasteiger partial charge in [0.25, 0.3) is 0 Å². The predicted molar refractivity (Wildman–Crippen MR) is 93.8 cm³/mol. The summed E-state index contributed by atoms with van der Waals surface area (Å²) in [4.78, 5) is 12.1. The Morgan fingerprint density at radius 3 is 2.75 bits per heavy atom. The van der Waals surface area contributed by atoms with Gasteiger partial charge in [-0.2, -0.15) is 0 Å². The first kappa shape index (κ1) is 17.0. The van der Waals surface area contributed by atoms with Crippen LogP contribution in [0.2, 0.25) is 0 Å². The van der Waals surface area contributed by atoms with Crippen LogP contribution in [0.3, 0.4) is 0 Å². The summed E-state index contributed by atoms with van der Waals surface area (Å²) in [5.41, 5.74) is 2.17. The van der Waals surface area contributed by atoms with Crippen LogP contribution in [-0.2, 0) is 12.8 Å². The van der Waals surface area contributed by atoms with Crippen LogP contribution >= 0.6 is 0 Å². The maximum Gasteiger partial charge on any atom is 0.339 e. The van der Waals surface area contributed by atoms with Crippen molar-refractivity contribution < 1.29 is 14.3 Å². The van der Waals surface area contributed by atoms with E-state index in [0.29, 0.717) is 23.9 Å². The van der Waals surface area contributed by atoms with Gasteiger partial charge >= 0.3 is 5.63 Å². The van der Waals surface area contributed by atoms with E-state index in [1.807, 2.05) is 26.0 Å². The highest BCUT2D eigenvalue weighted by Crippen LogP contribution is 2.33. The Morgan fingerprint density at radius 2 is 2.00 bits per heavy atom. The van der Waals surface area contributed by atoms with E-state index >= 15 is 0 Å². The normalized spacial score (nSPS) is 15.5. The molecule has 5 heteroatoms. The minimum Gasteiger partial charge on any atom is -0.490 e. The van der Waals surface area contributed by atoms with Crippen molar-refractivity contribution in [1.29, 1.82) is 0 Å². The molecule has 1 heterocycles. The number of aryl methyl sites for hydroxylation is 1. The summed E-state index contributed by atoms with van der Waals surface area (Å²) in [6, 6.07) is 5.81. The fourth-order valence-electron chi connectivity index (χ4n) is 3.20. The zero-order chi connectivity index (χ0) is 17.1. The molecule has 130 valence electrons. The first-order chi connectivity index (χ1) is 11.6. The molecule has 0 saturated carbocycles. The lowest BCUT2D eigenvalue weighted by Crippen LogP contribution is -2.35. The summed E-state index contributed by atoms with van der Waals surface area (Å²) < 4.78 is 11.3. The molecule has 0 aliphatic heterocycles. The van der Waals surface area contributed by atoms with Gasteiger partial charge in [-0.1, -0.05) is 19.9 Å². The summed E-state index contributed by atoms with van der Waals surface area (Å²) in [5, 5.41) is 14.1. The highest BCUT2D eigenvalue weighted by atomic mass is 16.5. The van der Waals surface area contributed by atoms with Gasteiger partial charge in [0, 0.05) is 18.2 Å². The third-order valence-corrected chi connectivity index (χ3v) is 4.40. The third-order valence-electron chi connectivity index (χ3n) is 4.40. The van der Waals surface area contributed by atoms with Crippen LogP contribution in [-0.4, -0.2) is 30.4 Å². The average Bonchev–Trinajstić information content (AvgIpc) is 2.58. The fourth-order valence-corrected chi connectivity index (χ4v) is 3.20. The molecule has 0 spiro atoms. The second kappa shape index (κ2) is 7.36. The quantitative estimate of drug-likeness (QED) is 0.796. The van der Waals surface area contributed by atoms with Gasteiger partial charge in [-0.15, -0.1) is 0 Å². The minimum absolute atomic E-state index is 0.201. The van der Waals surface area contributed by atoms with Crippen LogP contribution in [0.15, 0.2) is 27.4 Å². The maximum absolute atomic E-state index is 12.1. The Hall–Kier alpha value is -1.85. The number of benzene rings is 1. The zero-order valence-corrected chi connectivity index (χ0v) is 14.3. The lowest BCUT2D eigenvalue weighted by Gasteiger charge is -2.19. The van der Waals surface area contributed by atoms with Crippen molar-refractivity contribution in [1.82, 2.24) is 5.32 Å². The van der Waals surface area contributed by atoms with E-state index in [2.05, 4.69) is 5.32 Å². The third kappa shape index (κ3) is 3.62. The Labute approximate surface area is 141 Å². The van der Waals surface area contributed by atoms with E-state index in [9.17, 15) is 9.90 Å². The molecule has 1 aromatic carbocycles. The highest BCUT2D eigenvalue weighted by Gasteiger charge is 2.20. The second-order valence-corrected chi connectivity index (χ2v) is 6.71. The number of nitrogens with one attached hydrogen (secondary N) is 1. The summed E-state index contributed by atoms with van der Waals surface area (Å²) in [7, 11) is 0. The monoisotopic (exact) mass is 331 g/mol. The average molecular weight is 331 g/mol. The zero-order valence-electron chi connectivity index (χ0n) is 14.3. The molecule has 0 radical (unpaired) electrons. The van der Waals surface area contributed by atoms with Crippen LogP contribution < -0.4 is 15.7 Å². The Morgan fingerprint density at radius 1 is 1.25 bits per heavy atom. The molecule has 2 aromatic rings. The number of rotatable bonds is 6. The molecule has 0 amide bonds. The van der Waals surface area contributed by atoms with E-state index in [4.69, 9.17) is 9.15 Å². The molecular formula is C19H25NO4. The van der Waals surface area contributed by atoms with Crippen molar-refractivity contribution in [3.63, 3.8) is 0 Å². The van der Waals surface area contributed by atoms with Gasteiger partial charge in [-0.05, 0) is 43.4 Å². The molecule has 1 aliphatic rings. The fraction of sp³-hybridized carbons (Fsp3) is 0.526. The first-order valence-corrected chi connectivity index (χ1v) is 8.68.